The summed E-state index contributed by atoms with van der Waals surface area (Å²) in [6.07, 6.45) is -4.44. The van der Waals surface area contributed by atoms with Crippen molar-refractivity contribution in [2.75, 3.05) is 13.6 Å². The van der Waals surface area contributed by atoms with Gasteiger partial charge in [-0.25, -0.2) is 0 Å². The third kappa shape index (κ3) is 5.38. The second-order valence-corrected chi connectivity index (χ2v) is 6.03. The lowest BCUT2D eigenvalue weighted by atomic mass is 10.1. The van der Waals surface area contributed by atoms with Crippen LogP contribution < -0.4 is 5.32 Å². The highest BCUT2D eigenvalue weighted by atomic mass is 19.4. The molecule has 0 aliphatic carbocycles. The Kier molecular flexibility index (Phi) is 5.22. The Morgan fingerprint density at radius 1 is 1.09 bits per heavy atom. The molecule has 122 valence electrons. The third-order valence-electron chi connectivity index (χ3n) is 2.70. The topological polar surface area (TPSA) is 49.4 Å². The fraction of sp³-hybridized carbons (Fsp3) is 0.467. The smallest absolute Gasteiger partial charge is 0.350 e. The second-order valence-electron chi connectivity index (χ2n) is 6.03. The van der Waals surface area contributed by atoms with E-state index in [0.717, 1.165) is 29.2 Å². The van der Waals surface area contributed by atoms with Gasteiger partial charge in [-0.1, -0.05) is 0 Å². The normalized spacial score (nSPS) is 12.0. The van der Waals surface area contributed by atoms with E-state index in [1.54, 1.807) is 0 Å². The maximum absolute atomic E-state index is 12.5. The monoisotopic (exact) mass is 316 g/mol. The number of benzene rings is 1. The van der Waals surface area contributed by atoms with Crippen molar-refractivity contribution in [2.45, 2.75) is 32.5 Å². The van der Waals surface area contributed by atoms with Crippen molar-refractivity contribution in [2.24, 2.45) is 0 Å². The molecule has 1 aromatic rings. The third-order valence-corrected chi connectivity index (χ3v) is 2.70. The molecule has 7 heteroatoms. The molecule has 0 radical (unpaired) electrons. The number of carbonyl (C=O) groups is 2. The molecule has 0 aliphatic heterocycles. The summed E-state index contributed by atoms with van der Waals surface area (Å²) >= 11 is 0. The molecule has 0 heterocycles. The lowest BCUT2D eigenvalue weighted by Gasteiger charge is -2.23. The van der Waals surface area contributed by atoms with Crippen LogP contribution in [-0.2, 0) is 11.0 Å². The number of likely N-dealkylation sites (N-methyl/N-ethyl adjacent to an activating group) is 1. The van der Waals surface area contributed by atoms with Gasteiger partial charge in [-0.2, -0.15) is 13.2 Å². The van der Waals surface area contributed by atoms with E-state index in [9.17, 15) is 22.8 Å². The van der Waals surface area contributed by atoms with E-state index in [-0.39, 0.29) is 18.0 Å². The average Bonchev–Trinajstić information content (AvgIpc) is 2.34. The van der Waals surface area contributed by atoms with Crippen LogP contribution >= 0.6 is 0 Å². The highest BCUT2D eigenvalue weighted by Gasteiger charge is 2.30. The summed E-state index contributed by atoms with van der Waals surface area (Å²) < 4.78 is 37.4. The number of hydrogen-bond donors (Lipinski definition) is 1. The van der Waals surface area contributed by atoms with Gasteiger partial charge in [0.2, 0.25) is 5.91 Å². The van der Waals surface area contributed by atoms with E-state index in [4.69, 9.17) is 0 Å². The maximum atomic E-state index is 12.5. The molecule has 0 aromatic heterocycles. The summed E-state index contributed by atoms with van der Waals surface area (Å²) in [6, 6.07) is 3.89. The number of amides is 2. The molecule has 2 amide bonds. The van der Waals surface area contributed by atoms with Gasteiger partial charge >= 0.3 is 6.18 Å². The van der Waals surface area contributed by atoms with Gasteiger partial charge in [-0.05, 0) is 45.0 Å². The predicted octanol–water partition coefficient (Wildman–Crippen LogP) is 2.69. The standard InChI is InChI=1S/C15H19F3N2O2/c1-14(2,3)19-12(21)9-20(4)13(22)10-5-7-11(8-6-10)15(16,17)18/h5-8H,9H2,1-4H3,(H,19,21). The number of carbonyl (C=O) groups excluding carboxylic acids is 2. The zero-order valence-corrected chi connectivity index (χ0v) is 12.9. The van der Waals surface area contributed by atoms with Gasteiger partial charge in [0.15, 0.2) is 0 Å². The first-order valence-electron chi connectivity index (χ1n) is 6.64. The van der Waals surface area contributed by atoms with Crippen molar-refractivity contribution in [3.63, 3.8) is 0 Å². The Bertz CT molecular complexity index is 545. The summed E-state index contributed by atoms with van der Waals surface area (Å²) in [5.41, 5.74) is -1.15. The van der Waals surface area contributed by atoms with Crippen LogP contribution in [0.2, 0.25) is 0 Å². The number of alkyl halides is 3. The molecule has 0 fully saturated rings. The van der Waals surface area contributed by atoms with E-state index in [1.807, 2.05) is 20.8 Å². The minimum absolute atomic E-state index is 0.0964. The molecule has 0 aliphatic rings. The molecule has 1 aromatic carbocycles. The maximum Gasteiger partial charge on any atom is 0.416 e. The van der Waals surface area contributed by atoms with Crippen LogP contribution in [0.4, 0.5) is 13.2 Å². The number of nitrogens with one attached hydrogen (secondary N) is 1. The van der Waals surface area contributed by atoms with Crippen molar-refractivity contribution >= 4 is 11.8 Å². The molecule has 0 spiro atoms. The van der Waals surface area contributed by atoms with Gasteiger partial charge in [0.25, 0.3) is 5.91 Å². The number of nitrogens with zero attached hydrogens (tertiary/aromatic N) is 1. The Morgan fingerprint density at radius 3 is 2.00 bits per heavy atom. The van der Waals surface area contributed by atoms with Crippen LogP contribution in [0.5, 0.6) is 0 Å². The van der Waals surface area contributed by atoms with Gasteiger partial charge in [-0.3, -0.25) is 9.59 Å². The van der Waals surface area contributed by atoms with Crippen LogP contribution in [0.1, 0.15) is 36.7 Å². The number of hydrogen-bond acceptors (Lipinski definition) is 2. The molecule has 1 rings (SSSR count). The highest BCUT2D eigenvalue weighted by molar-refractivity contribution is 5.96. The molecule has 4 nitrogen and oxygen atoms in total. The van der Waals surface area contributed by atoms with Crippen molar-refractivity contribution in [1.82, 2.24) is 10.2 Å². The van der Waals surface area contributed by atoms with E-state index in [0.29, 0.717) is 0 Å². The summed E-state index contributed by atoms with van der Waals surface area (Å²) in [5, 5.41) is 2.70. The molecular formula is C15H19F3N2O2. The summed E-state index contributed by atoms with van der Waals surface area (Å²) in [6.45, 7) is 5.25. The molecule has 1 N–H and O–H groups in total. The molecule has 0 saturated heterocycles. The lowest BCUT2D eigenvalue weighted by Crippen LogP contribution is -2.46. The molecule has 0 unspecified atom stereocenters. The first-order valence-corrected chi connectivity index (χ1v) is 6.64. The van der Waals surface area contributed by atoms with Crippen molar-refractivity contribution in [3.8, 4) is 0 Å². The molecular weight excluding hydrogens is 297 g/mol. The lowest BCUT2D eigenvalue weighted by molar-refractivity contribution is -0.137. The van der Waals surface area contributed by atoms with Crippen molar-refractivity contribution < 1.29 is 22.8 Å². The Hall–Kier alpha value is -2.05. The summed E-state index contributed by atoms with van der Waals surface area (Å²) in [4.78, 5) is 25.0. The van der Waals surface area contributed by atoms with Gasteiger partial charge in [-0.15, -0.1) is 0 Å². The minimum atomic E-state index is -4.44. The second kappa shape index (κ2) is 6.37. The highest BCUT2D eigenvalue weighted by Crippen LogP contribution is 2.29. The first kappa shape index (κ1) is 18.0. The molecule has 0 bridgehead atoms. The molecule has 0 saturated carbocycles. The predicted molar refractivity (Wildman–Crippen MR) is 76.3 cm³/mol. The zero-order valence-electron chi connectivity index (χ0n) is 12.9. The van der Waals surface area contributed by atoms with Crippen LogP contribution in [0.15, 0.2) is 24.3 Å². The quantitative estimate of drug-likeness (QED) is 0.932. The summed E-state index contributed by atoms with van der Waals surface area (Å²) in [5.74, 6) is -0.854. The average molecular weight is 316 g/mol. The minimum Gasteiger partial charge on any atom is -0.350 e. The van der Waals surface area contributed by atoms with Gasteiger partial charge < -0.3 is 10.2 Å². The van der Waals surface area contributed by atoms with Gasteiger partial charge in [0.05, 0.1) is 12.1 Å². The number of rotatable bonds is 3. The Balaban J connectivity index is 2.73. The van der Waals surface area contributed by atoms with Crippen molar-refractivity contribution in [3.05, 3.63) is 35.4 Å². The van der Waals surface area contributed by atoms with Crippen molar-refractivity contribution in [1.29, 1.82) is 0 Å². The SMILES string of the molecule is CN(CC(=O)NC(C)(C)C)C(=O)c1ccc(C(F)(F)F)cc1. The Morgan fingerprint density at radius 2 is 1.59 bits per heavy atom. The van der Waals surface area contributed by atoms with E-state index >= 15 is 0 Å². The van der Waals surface area contributed by atoms with E-state index < -0.39 is 23.2 Å². The fourth-order valence-electron chi connectivity index (χ4n) is 1.77. The summed E-state index contributed by atoms with van der Waals surface area (Å²) in [7, 11) is 1.42. The molecule has 0 atom stereocenters. The largest absolute Gasteiger partial charge is 0.416 e. The number of halogens is 3. The van der Waals surface area contributed by atoms with Crippen LogP contribution in [0, 0.1) is 0 Å². The van der Waals surface area contributed by atoms with Gasteiger partial charge in [0, 0.05) is 18.2 Å². The Labute approximate surface area is 127 Å². The fourth-order valence-corrected chi connectivity index (χ4v) is 1.77. The van der Waals surface area contributed by atoms with E-state index in [2.05, 4.69) is 5.32 Å². The van der Waals surface area contributed by atoms with Crippen LogP contribution in [0.3, 0.4) is 0 Å². The van der Waals surface area contributed by atoms with Gasteiger partial charge in [0.1, 0.15) is 0 Å². The molecule has 22 heavy (non-hydrogen) atoms. The first-order chi connectivity index (χ1) is 9.90. The van der Waals surface area contributed by atoms with Crippen LogP contribution in [-0.4, -0.2) is 35.8 Å². The van der Waals surface area contributed by atoms with Crippen LogP contribution in [0.25, 0.3) is 0 Å². The van der Waals surface area contributed by atoms with E-state index in [1.165, 1.54) is 7.05 Å². The zero-order chi connectivity index (χ0) is 17.1.